The summed E-state index contributed by atoms with van der Waals surface area (Å²) in [6.07, 6.45) is 2.20. The second-order valence-electron chi connectivity index (χ2n) is 5.89. The summed E-state index contributed by atoms with van der Waals surface area (Å²) in [5, 5.41) is 3.46. The molecule has 1 atom stereocenters. The Balaban J connectivity index is 2.34. The Bertz CT molecular complexity index is 340. The normalized spacial score (nSPS) is 12.8. The Hall–Kier alpha value is -0.900. The lowest BCUT2D eigenvalue weighted by atomic mass is 9.96. The molecule has 3 nitrogen and oxygen atoms in total. The van der Waals surface area contributed by atoms with Crippen LogP contribution in [-0.2, 0) is 9.47 Å². The van der Waals surface area contributed by atoms with Crippen LogP contribution >= 0.6 is 0 Å². The Morgan fingerprint density at radius 3 is 2.38 bits per heavy atom. The van der Waals surface area contributed by atoms with Crippen LogP contribution in [0.2, 0.25) is 0 Å². The molecule has 0 bridgehead atoms. The molecule has 3 heteroatoms. The van der Waals surface area contributed by atoms with E-state index in [0.29, 0.717) is 11.8 Å². The van der Waals surface area contributed by atoms with Gasteiger partial charge in [-0.1, -0.05) is 44.2 Å². The van der Waals surface area contributed by atoms with E-state index in [1.165, 1.54) is 5.56 Å². The molecular formula is C18H31NO2. The Morgan fingerprint density at radius 1 is 1.00 bits per heavy atom. The van der Waals surface area contributed by atoms with Crippen LogP contribution in [-0.4, -0.2) is 40.0 Å². The number of hydrogen-bond donors (Lipinski definition) is 1. The summed E-state index contributed by atoms with van der Waals surface area (Å²) in [6, 6.07) is 10.7. The Morgan fingerprint density at radius 2 is 1.71 bits per heavy atom. The van der Waals surface area contributed by atoms with Crippen molar-refractivity contribution < 1.29 is 9.47 Å². The maximum Gasteiger partial charge on any atom is 0.0587 e. The van der Waals surface area contributed by atoms with Gasteiger partial charge in [-0.25, -0.2) is 0 Å². The van der Waals surface area contributed by atoms with Crippen molar-refractivity contribution in [2.75, 3.05) is 40.0 Å². The van der Waals surface area contributed by atoms with Crippen molar-refractivity contribution in [2.24, 2.45) is 5.92 Å². The summed E-state index contributed by atoms with van der Waals surface area (Å²) in [6.45, 7) is 8.79. The molecule has 0 amide bonds. The average Bonchev–Trinajstić information content (AvgIpc) is 2.49. The summed E-state index contributed by atoms with van der Waals surface area (Å²) >= 11 is 0. The van der Waals surface area contributed by atoms with Gasteiger partial charge in [0.1, 0.15) is 0 Å². The van der Waals surface area contributed by atoms with E-state index >= 15 is 0 Å². The highest BCUT2D eigenvalue weighted by Crippen LogP contribution is 2.18. The van der Waals surface area contributed by atoms with Crippen molar-refractivity contribution in [2.45, 2.75) is 32.6 Å². The van der Waals surface area contributed by atoms with Crippen LogP contribution in [0.4, 0.5) is 0 Å². The lowest BCUT2D eigenvalue weighted by Crippen LogP contribution is -2.26. The molecule has 0 fully saturated rings. The first-order valence-electron chi connectivity index (χ1n) is 8.06. The monoisotopic (exact) mass is 293 g/mol. The van der Waals surface area contributed by atoms with Crippen LogP contribution in [0.5, 0.6) is 0 Å². The SMILES string of the molecule is COCCNCC(CCOCCC(C)C)c1ccccc1. The molecule has 0 radical (unpaired) electrons. The molecule has 0 spiro atoms. The molecule has 0 aliphatic carbocycles. The number of hydrogen-bond acceptors (Lipinski definition) is 3. The van der Waals surface area contributed by atoms with Gasteiger partial charge in [0, 0.05) is 33.4 Å². The van der Waals surface area contributed by atoms with Crippen molar-refractivity contribution in [3.63, 3.8) is 0 Å². The standard InChI is InChI=1S/C18H31NO2/c1-16(2)9-12-21-13-10-18(15-19-11-14-20-3)17-7-5-4-6-8-17/h4-8,16,18-19H,9-15H2,1-3H3. The fraction of sp³-hybridized carbons (Fsp3) is 0.667. The predicted molar refractivity (Wildman–Crippen MR) is 88.8 cm³/mol. The van der Waals surface area contributed by atoms with Gasteiger partial charge in [0.25, 0.3) is 0 Å². The smallest absolute Gasteiger partial charge is 0.0587 e. The number of methoxy groups -OCH3 is 1. The molecule has 1 aromatic rings. The van der Waals surface area contributed by atoms with Gasteiger partial charge in [0.2, 0.25) is 0 Å². The van der Waals surface area contributed by atoms with E-state index in [-0.39, 0.29) is 0 Å². The van der Waals surface area contributed by atoms with E-state index < -0.39 is 0 Å². The van der Waals surface area contributed by atoms with Gasteiger partial charge in [0.05, 0.1) is 6.61 Å². The minimum absolute atomic E-state index is 0.502. The predicted octanol–water partition coefficient (Wildman–Crippen LogP) is 3.46. The first-order chi connectivity index (χ1) is 10.2. The minimum atomic E-state index is 0.502. The molecule has 0 aromatic heterocycles. The highest BCUT2D eigenvalue weighted by atomic mass is 16.5. The largest absolute Gasteiger partial charge is 0.383 e. The first-order valence-corrected chi connectivity index (χ1v) is 8.06. The third-order valence-corrected chi connectivity index (χ3v) is 3.59. The zero-order valence-electron chi connectivity index (χ0n) is 13.8. The lowest BCUT2D eigenvalue weighted by molar-refractivity contribution is 0.116. The van der Waals surface area contributed by atoms with E-state index in [1.54, 1.807) is 7.11 Å². The van der Waals surface area contributed by atoms with Crippen molar-refractivity contribution in [1.29, 1.82) is 0 Å². The molecule has 1 N–H and O–H groups in total. The number of nitrogens with one attached hydrogen (secondary N) is 1. The van der Waals surface area contributed by atoms with Crippen molar-refractivity contribution in [3.8, 4) is 0 Å². The van der Waals surface area contributed by atoms with Crippen LogP contribution in [0.1, 0.15) is 38.2 Å². The summed E-state index contributed by atoms with van der Waals surface area (Å²) in [5.74, 6) is 1.22. The van der Waals surface area contributed by atoms with Crippen molar-refractivity contribution >= 4 is 0 Å². The third kappa shape index (κ3) is 8.86. The van der Waals surface area contributed by atoms with Gasteiger partial charge in [-0.05, 0) is 30.2 Å². The molecule has 0 aliphatic rings. The van der Waals surface area contributed by atoms with Gasteiger partial charge in [-0.3, -0.25) is 0 Å². The fourth-order valence-electron chi connectivity index (χ4n) is 2.21. The number of rotatable bonds is 12. The van der Waals surface area contributed by atoms with Gasteiger partial charge in [-0.2, -0.15) is 0 Å². The molecule has 0 saturated carbocycles. The van der Waals surface area contributed by atoms with Crippen LogP contribution in [0.15, 0.2) is 30.3 Å². The van der Waals surface area contributed by atoms with Crippen molar-refractivity contribution in [3.05, 3.63) is 35.9 Å². The second-order valence-corrected chi connectivity index (χ2v) is 5.89. The highest BCUT2D eigenvalue weighted by molar-refractivity contribution is 5.19. The molecule has 0 aliphatic heterocycles. The van der Waals surface area contributed by atoms with Crippen LogP contribution < -0.4 is 5.32 Å². The minimum Gasteiger partial charge on any atom is -0.383 e. The molecule has 0 saturated heterocycles. The first kappa shape index (κ1) is 18.1. The molecule has 21 heavy (non-hydrogen) atoms. The molecular weight excluding hydrogens is 262 g/mol. The maximum absolute atomic E-state index is 5.77. The summed E-state index contributed by atoms with van der Waals surface area (Å²) in [4.78, 5) is 0. The van der Waals surface area contributed by atoms with Crippen LogP contribution in [0.3, 0.4) is 0 Å². The van der Waals surface area contributed by atoms with Gasteiger partial charge >= 0.3 is 0 Å². The van der Waals surface area contributed by atoms with E-state index in [1.807, 2.05) is 0 Å². The topological polar surface area (TPSA) is 30.5 Å². The van der Waals surface area contributed by atoms with E-state index in [0.717, 1.165) is 45.8 Å². The van der Waals surface area contributed by atoms with E-state index in [9.17, 15) is 0 Å². The molecule has 0 heterocycles. The lowest BCUT2D eigenvalue weighted by Gasteiger charge is -2.18. The van der Waals surface area contributed by atoms with E-state index in [4.69, 9.17) is 9.47 Å². The maximum atomic E-state index is 5.77. The average molecular weight is 293 g/mol. The zero-order valence-corrected chi connectivity index (χ0v) is 13.8. The Kier molecular flexibility index (Phi) is 10.1. The molecule has 1 rings (SSSR count). The molecule has 1 unspecified atom stereocenters. The molecule has 120 valence electrons. The van der Waals surface area contributed by atoms with Gasteiger partial charge in [0.15, 0.2) is 0 Å². The Labute approximate surface area is 130 Å². The quantitative estimate of drug-likeness (QED) is 0.599. The van der Waals surface area contributed by atoms with Crippen LogP contribution in [0.25, 0.3) is 0 Å². The molecule has 1 aromatic carbocycles. The van der Waals surface area contributed by atoms with E-state index in [2.05, 4.69) is 49.5 Å². The fourth-order valence-corrected chi connectivity index (χ4v) is 2.21. The van der Waals surface area contributed by atoms with Gasteiger partial charge in [-0.15, -0.1) is 0 Å². The highest BCUT2D eigenvalue weighted by Gasteiger charge is 2.10. The third-order valence-electron chi connectivity index (χ3n) is 3.59. The zero-order chi connectivity index (χ0) is 15.3. The second kappa shape index (κ2) is 11.7. The van der Waals surface area contributed by atoms with Gasteiger partial charge < -0.3 is 14.8 Å². The number of benzene rings is 1. The summed E-state index contributed by atoms with van der Waals surface area (Å²) < 4.78 is 10.8. The number of ether oxygens (including phenoxy) is 2. The summed E-state index contributed by atoms with van der Waals surface area (Å²) in [5.41, 5.74) is 1.38. The van der Waals surface area contributed by atoms with Crippen molar-refractivity contribution in [1.82, 2.24) is 5.32 Å². The van der Waals surface area contributed by atoms with Crippen LogP contribution in [0, 0.1) is 5.92 Å². The summed E-state index contributed by atoms with van der Waals surface area (Å²) in [7, 11) is 1.74.